The van der Waals surface area contributed by atoms with Crippen molar-refractivity contribution in [2.75, 3.05) is 0 Å². The minimum atomic E-state index is -0.332. The minimum Gasteiger partial charge on any atom is -0.321 e. The van der Waals surface area contributed by atoms with Gasteiger partial charge >= 0.3 is 0 Å². The van der Waals surface area contributed by atoms with E-state index in [1.54, 1.807) is 12.4 Å². The second kappa shape index (κ2) is 5.61. The highest BCUT2D eigenvalue weighted by Gasteiger charge is 2.16. The van der Waals surface area contributed by atoms with E-state index in [1.165, 1.54) is 0 Å². The summed E-state index contributed by atoms with van der Waals surface area (Å²) in [5.74, 6) is 0.347. The standard InChI is InChI=1S/C12H18N2O/c1-9(2)12(13)11(15)6-5-10-4-3-7-14-8-10/h3-4,7-9,12H,5-6,13H2,1-2H3/t12-/m0/s1. The van der Waals surface area contributed by atoms with E-state index >= 15 is 0 Å². The molecule has 0 saturated carbocycles. The van der Waals surface area contributed by atoms with Gasteiger partial charge in [0.2, 0.25) is 0 Å². The molecule has 15 heavy (non-hydrogen) atoms. The Bertz CT molecular complexity index is 309. The number of hydrogen-bond donors (Lipinski definition) is 1. The summed E-state index contributed by atoms with van der Waals surface area (Å²) in [6, 6.07) is 3.52. The normalized spacial score (nSPS) is 12.8. The van der Waals surface area contributed by atoms with Crippen molar-refractivity contribution in [1.82, 2.24) is 4.98 Å². The van der Waals surface area contributed by atoms with Gasteiger partial charge in [-0.3, -0.25) is 9.78 Å². The van der Waals surface area contributed by atoms with Gasteiger partial charge in [0, 0.05) is 18.8 Å². The average molecular weight is 206 g/mol. The van der Waals surface area contributed by atoms with Crippen molar-refractivity contribution in [3.63, 3.8) is 0 Å². The summed E-state index contributed by atoms with van der Waals surface area (Å²) >= 11 is 0. The number of ketones is 1. The van der Waals surface area contributed by atoms with Crippen molar-refractivity contribution in [3.8, 4) is 0 Å². The van der Waals surface area contributed by atoms with Crippen LogP contribution in [0.5, 0.6) is 0 Å². The second-order valence-corrected chi connectivity index (χ2v) is 4.10. The quantitative estimate of drug-likeness (QED) is 0.795. The number of Topliss-reactive ketones (excluding diaryl/α,β-unsaturated/α-hetero) is 1. The number of carbonyl (C=O) groups is 1. The van der Waals surface area contributed by atoms with Gasteiger partial charge in [0.15, 0.2) is 0 Å². The predicted octanol–water partition coefficient (Wildman–Crippen LogP) is 1.57. The fourth-order valence-corrected chi connectivity index (χ4v) is 1.35. The molecule has 3 heteroatoms. The number of pyridine rings is 1. The first kappa shape index (κ1) is 11.9. The molecular weight excluding hydrogens is 188 g/mol. The van der Waals surface area contributed by atoms with Gasteiger partial charge in [-0.05, 0) is 24.0 Å². The summed E-state index contributed by atoms with van der Waals surface area (Å²) in [6.07, 6.45) is 4.75. The van der Waals surface area contributed by atoms with Crippen LogP contribution in [0.15, 0.2) is 24.5 Å². The Morgan fingerprint density at radius 2 is 2.27 bits per heavy atom. The Morgan fingerprint density at radius 1 is 1.53 bits per heavy atom. The molecule has 0 spiro atoms. The zero-order valence-electron chi connectivity index (χ0n) is 9.31. The number of nitrogens with two attached hydrogens (primary N) is 1. The summed E-state index contributed by atoms with van der Waals surface area (Å²) in [5.41, 5.74) is 6.84. The van der Waals surface area contributed by atoms with Crippen LogP contribution in [0.1, 0.15) is 25.8 Å². The monoisotopic (exact) mass is 206 g/mol. The van der Waals surface area contributed by atoms with E-state index in [9.17, 15) is 4.79 Å². The Hall–Kier alpha value is -1.22. The van der Waals surface area contributed by atoms with E-state index < -0.39 is 0 Å². The molecule has 2 N–H and O–H groups in total. The van der Waals surface area contributed by atoms with Gasteiger partial charge in [0.1, 0.15) is 5.78 Å². The highest BCUT2D eigenvalue weighted by atomic mass is 16.1. The summed E-state index contributed by atoms with van der Waals surface area (Å²) in [4.78, 5) is 15.6. The van der Waals surface area contributed by atoms with E-state index in [-0.39, 0.29) is 17.7 Å². The number of aromatic nitrogens is 1. The van der Waals surface area contributed by atoms with Gasteiger partial charge in [-0.15, -0.1) is 0 Å². The second-order valence-electron chi connectivity index (χ2n) is 4.10. The third kappa shape index (κ3) is 3.80. The molecule has 0 unspecified atom stereocenters. The third-order valence-electron chi connectivity index (χ3n) is 2.47. The van der Waals surface area contributed by atoms with Gasteiger partial charge in [0.25, 0.3) is 0 Å². The third-order valence-corrected chi connectivity index (χ3v) is 2.47. The molecule has 0 amide bonds. The lowest BCUT2D eigenvalue weighted by atomic mass is 9.97. The summed E-state index contributed by atoms with van der Waals surface area (Å²) in [7, 11) is 0. The molecule has 0 aliphatic heterocycles. The van der Waals surface area contributed by atoms with E-state index in [0.717, 1.165) is 12.0 Å². The van der Waals surface area contributed by atoms with E-state index in [1.807, 2.05) is 26.0 Å². The molecule has 82 valence electrons. The van der Waals surface area contributed by atoms with Crippen molar-refractivity contribution in [3.05, 3.63) is 30.1 Å². The first-order valence-electron chi connectivity index (χ1n) is 5.28. The van der Waals surface area contributed by atoms with Gasteiger partial charge in [-0.1, -0.05) is 19.9 Å². The Kier molecular flexibility index (Phi) is 4.43. The lowest BCUT2D eigenvalue weighted by Crippen LogP contribution is -2.35. The molecule has 1 aromatic rings. The number of aryl methyl sites for hydroxylation is 1. The van der Waals surface area contributed by atoms with Crippen LogP contribution in [0, 0.1) is 5.92 Å². The maximum absolute atomic E-state index is 11.6. The largest absolute Gasteiger partial charge is 0.321 e. The minimum absolute atomic E-state index is 0.133. The summed E-state index contributed by atoms with van der Waals surface area (Å²) in [6.45, 7) is 3.93. The number of nitrogens with zero attached hydrogens (tertiary/aromatic N) is 1. The molecule has 1 heterocycles. The molecule has 1 rings (SSSR count). The zero-order valence-corrected chi connectivity index (χ0v) is 9.31. The number of hydrogen-bond acceptors (Lipinski definition) is 3. The highest BCUT2D eigenvalue weighted by molar-refractivity contribution is 5.84. The van der Waals surface area contributed by atoms with Crippen LogP contribution in [-0.4, -0.2) is 16.8 Å². The number of carbonyl (C=O) groups excluding carboxylic acids is 1. The lowest BCUT2D eigenvalue weighted by Gasteiger charge is -2.13. The van der Waals surface area contributed by atoms with E-state index in [2.05, 4.69) is 4.98 Å². The molecule has 0 aliphatic carbocycles. The van der Waals surface area contributed by atoms with Crippen LogP contribution in [-0.2, 0) is 11.2 Å². The highest BCUT2D eigenvalue weighted by Crippen LogP contribution is 2.06. The van der Waals surface area contributed by atoms with Gasteiger partial charge in [-0.25, -0.2) is 0 Å². The maximum atomic E-state index is 11.6. The van der Waals surface area contributed by atoms with E-state index in [4.69, 9.17) is 5.73 Å². The first-order valence-corrected chi connectivity index (χ1v) is 5.28. The lowest BCUT2D eigenvalue weighted by molar-refractivity contribution is -0.121. The molecular formula is C12H18N2O. The van der Waals surface area contributed by atoms with Crippen molar-refractivity contribution >= 4 is 5.78 Å². The van der Waals surface area contributed by atoms with Crippen LogP contribution in [0.4, 0.5) is 0 Å². The van der Waals surface area contributed by atoms with Crippen LogP contribution in [0.2, 0.25) is 0 Å². The van der Waals surface area contributed by atoms with Gasteiger partial charge in [0.05, 0.1) is 6.04 Å². The molecule has 0 aliphatic rings. The van der Waals surface area contributed by atoms with Crippen molar-refractivity contribution in [2.24, 2.45) is 11.7 Å². The molecule has 0 bridgehead atoms. The average Bonchev–Trinajstić information content (AvgIpc) is 2.26. The topological polar surface area (TPSA) is 56.0 Å². The van der Waals surface area contributed by atoms with Crippen LogP contribution in [0.25, 0.3) is 0 Å². The SMILES string of the molecule is CC(C)[C@H](N)C(=O)CCc1cccnc1. The Morgan fingerprint density at radius 3 is 2.80 bits per heavy atom. The molecule has 1 atom stereocenters. The molecule has 0 saturated heterocycles. The van der Waals surface area contributed by atoms with Crippen LogP contribution < -0.4 is 5.73 Å². The molecule has 1 aromatic heterocycles. The fraction of sp³-hybridized carbons (Fsp3) is 0.500. The maximum Gasteiger partial charge on any atom is 0.150 e. The van der Waals surface area contributed by atoms with Gasteiger partial charge in [-0.2, -0.15) is 0 Å². The molecule has 3 nitrogen and oxygen atoms in total. The van der Waals surface area contributed by atoms with Crippen LogP contribution >= 0.6 is 0 Å². The fourth-order valence-electron chi connectivity index (χ4n) is 1.35. The van der Waals surface area contributed by atoms with Crippen molar-refractivity contribution < 1.29 is 4.79 Å². The predicted molar refractivity (Wildman–Crippen MR) is 60.4 cm³/mol. The molecule has 0 aromatic carbocycles. The number of rotatable bonds is 5. The summed E-state index contributed by atoms with van der Waals surface area (Å²) in [5, 5.41) is 0. The van der Waals surface area contributed by atoms with Gasteiger partial charge < -0.3 is 5.73 Å². The first-order chi connectivity index (χ1) is 7.11. The summed E-state index contributed by atoms with van der Waals surface area (Å²) < 4.78 is 0. The zero-order chi connectivity index (χ0) is 11.3. The van der Waals surface area contributed by atoms with Crippen molar-refractivity contribution in [1.29, 1.82) is 0 Å². The molecule has 0 radical (unpaired) electrons. The van der Waals surface area contributed by atoms with Crippen LogP contribution in [0.3, 0.4) is 0 Å². The Labute approximate surface area is 90.7 Å². The van der Waals surface area contributed by atoms with Crippen molar-refractivity contribution in [2.45, 2.75) is 32.7 Å². The Balaban J connectivity index is 2.41. The molecule has 0 fully saturated rings. The van der Waals surface area contributed by atoms with E-state index in [0.29, 0.717) is 6.42 Å². The smallest absolute Gasteiger partial charge is 0.150 e.